The van der Waals surface area contributed by atoms with Gasteiger partial charge in [-0.05, 0) is 18.1 Å². The summed E-state index contributed by atoms with van der Waals surface area (Å²) in [4.78, 5) is 22.7. The summed E-state index contributed by atoms with van der Waals surface area (Å²) >= 11 is 0. The molecule has 0 aliphatic heterocycles. The minimum absolute atomic E-state index is 0.113. The van der Waals surface area contributed by atoms with E-state index in [1.165, 1.54) is 7.11 Å². The molecule has 0 radical (unpaired) electrons. The number of ether oxygens (including phenoxy) is 3. The molecule has 0 heterocycles. The molecule has 0 saturated carbocycles. The van der Waals surface area contributed by atoms with Gasteiger partial charge in [-0.15, -0.1) is 0 Å². The second-order valence-corrected chi connectivity index (χ2v) is 11.0. The van der Waals surface area contributed by atoms with Gasteiger partial charge in [0.05, 0.1) is 13.2 Å². The smallest absolute Gasteiger partial charge is 0.317 e. The summed E-state index contributed by atoms with van der Waals surface area (Å²) in [6.07, 6.45) is -0.385. The predicted octanol–water partition coefficient (Wildman–Crippen LogP) is 2.13. The molecule has 0 unspecified atom stereocenters. The molecule has 0 aliphatic rings. The van der Waals surface area contributed by atoms with Crippen molar-refractivity contribution in [2.75, 3.05) is 33.5 Å². The van der Waals surface area contributed by atoms with Gasteiger partial charge >= 0.3 is 11.9 Å². The van der Waals surface area contributed by atoms with Crippen LogP contribution in [0.4, 0.5) is 0 Å². The first kappa shape index (κ1) is 20.1. The lowest BCUT2D eigenvalue weighted by atomic mass is 10.2. The second-order valence-electron chi connectivity index (χ2n) is 6.22. The fourth-order valence-corrected chi connectivity index (χ4v) is 2.15. The molecule has 0 saturated heterocycles. The predicted molar refractivity (Wildman–Crippen MR) is 81.6 cm³/mol. The lowest BCUT2D eigenvalue weighted by Crippen LogP contribution is -2.41. The minimum atomic E-state index is -1.83. The molecule has 0 aromatic heterocycles. The van der Waals surface area contributed by atoms with Crippen molar-refractivity contribution in [2.45, 2.75) is 45.3 Å². The molecular formula is C14H28O6Si. The summed E-state index contributed by atoms with van der Waals surface area (Å²) in [5.74, 6) is -1.21. The van der Waals surface area contributed by atoms with E-state index < -0.39 is 20.3 Å². The number of methoxy groups -OCH3 is 1. The quantitative estimate of drug-likeness (QED) is 0.280. The molecule has 0 rings (SSSR count). The van der Waals surface area contributed by atoms with Crippen molar-refractivity contribution in [3.63, 3.8) is 0 Å². The van der Waals surface area contributed by atoms with Gasteiger partial charge in [0.2, 0.25) is 0 Å². The van der Waals surface area contributed by atoms with Crippen molar-refractivity contribution in [1.82, 2.24) is 0 Å². The highest BCUT2D eigenvalue weighted by atomic mass is 28.4. The van der Waals surface area contributed by atoms with Crippen LogP contribution in [0.15, 0.2) is 0 Å². The van der Waals surface area contributed by atoms with Crippen LogP contribution in [0, 0.1) is 0 Å². The van der Waals surface area contributed by atoms with Crippen LogP contribution >= 0.6 is 0 Å². The summed E-state index contributed by atoms with van der Waals surface area (Å²) in [6.45, 7) is 11.6. The molecule has 0 spiro atoms. The number of hydrogen-bond donors (Lipinski definition) is 0. The summed E-state index contributed by atoms with van der Waals surface area (Å²) in [6, 6.07) is 0. The van der Waals surface area contributed by atoms with Crippen LogP contribution in [-0.4, -0.2) is 53.8 Å². The van der Waals surface area contributed by atoms with Crippen LogP contribution in [0.1, 0.15) is 27.2 Å². The molecule has 0 N–H and O–H groups in total. The maximum Gasteiger partial charge on any atom is 0.317 e. The van der Waals surface area contributed by atoms with E-state index in [1.54, 1.807) is 0 Å². The Hall–Kier alpha value is -0.923. The Bertz CT molecular complexity index is 335. The van der Waals surface area contributed by atoms with Gasteiger partial charge in [0.25, 0.3) is 0 Å². The maximum absolute atomic E-state index is 11.4. The monoisotopic (exact) mass is 320 g/mol. The van der Waals surface area contributed by atoms with Crippen LogP contribution in [0.3, 0.4) is 0 Å². The fourth-order valence-electron chi connectivity index (χ4n) is 1.13. The average Bonchev–Trinajstić information content (AvgIpc) is 2.33. The second kappa shape index (κ2) is 9.17. The number of carbonyl (C=O) groups excluding carboxylic acids is 2. The SMILES string of the molecule is COCCOC(=O)CC(=O)OCCO[Si](C)(C)C(C)(C)C. The molecule has 7 heteroatoms. The van der Waals surface area contributed by atoms with Crippen LogP contribution < -0.4 is 0 Å². The Labute approximate surface area is 128 Å². The van der Waals surface area contributed by atoms with E-state index in [9.17, 15) is 9.59 Å². The van der Waals surface area contributed by atoms with E-state index in [-0.39, 0.29) is 24.7 Å². The topological polar surface area (TPSA) is 71.1 Å². The highest BCUT2D eigenvalue weighted by Gasteiger charge is 2.36. The number of esters is 2. The van der Waals surface area contributed by atoms with E-state index in [0.29, 0.717) is 13.2 Å². The van der Waals surface area contributed by atoms with Crippen LogP contribution in [-0.2, 0) is 28.2 Å². The third-order valence-electron chi connectivity index (χ3n) is 3.45. The lowest BCUT2D eigenvalue weighted by molar-refractivity contribution is -0.155. The van der Waals surface area contributed by atoms with Crippen LogP contribution in [0.5, 0.6) is 0 Å². The fraction of sp³-hybridized carbons (Fsp3) is 0.857. The first-order valence-electron chi connectivity index (χ1n) is 7.04. The standard InChI is InChI=1S/C14H28O6Si/c1-14(2,3)21(5,6)20-10-9-19-13(16)11-12(15)18-8-7-17-4/h7-11H2,1-6H3. The summed E-state index contributed by atoms with van der Waals surface area (Å²) in [5.41, 5.74) is 0. The van der Waals surface area contributed by atoms with Crippen LogP contribution in [0.25, 0.3) is 0 Å². The maximum atomic E-state index is 11.4. The molecule has 0 aliphatic carbocycles. The number of rotatable bonds is 9. The van der Waals surface area contributed by atoms with Crippen molar-refractivity contribution in [3.05, 3.63) is 0 Å². The van der Waals surface area contributed by atoms with Crippen LogP contribution in [0.2, 0.25) is 18.1 Å². The first-order chi connectivity index (χ1) is 9.60. The molecule has 0 aromatic carbocycles. The van der Waals surface area contributed by atoms with E-state index in [2.05, 4.69) is 33.9 Å². The third-order valence-corrected chi connectivity index (χ3v) is 7.99. The Morgan fingerprint density at radius 3 is 1.81 bits per heavy atom. The van der Waals surface area contributed by atoms with E-state index >= 15 is 0 Å². The molecule has 6 nitrogen and oxygen atoms in total. The van der Waals surface area contributed by atoms with Crippen molar-refractivity contribution in [1.29, 1.82) is 0 Å². The van der Waals surface area contributed by atoms with Gasteiger partial charge in [0.1, 0.15) is 19.6 Å². The first-order valence-corrected chi connectivity index (χ1v) is 9.95. The van der Waals surface area contributed by atoms with Crippen molar-refractivity contribution in [2.24, 2.45) is 0 Å². The Kier molecular flexibility index (Phi) is 8.76. The number of carbonyl (C=O) groups is 2. The normalized spacial score (nSPS) is 12.1. The summed E-state index contributed by atoms with van der Waals surface area (Å²) in [7, 11) is -0.323. The Morgan fingerprint density at radius 2 is 1.38 bits per heavy atom. The molecule has 0 atom stereocenters. The summed E-state index contributed by atoms with van der Waals surface area (Å²) < 4.78 is 20.3. The Morgan fingerprint density at radius 1 is 0.905 bits per heavy atom. The molecule has 0 fully saturated rings. The van der Waals surface area contributed by atoms with Crippen molar-refractivity contribution < 1.29 is 28.2 Å². The number of hydrogen-bond acceptors (Lipinski definition) is 6. The lowest BCUT2D eigenvalue weighted by Gasteiger charge is -2.36. The largest absolute Gasteiger partial charge is 0.463 e. The van der Waals surface area contributed by atoms with Crippen molar-refractivity contribution in [3.8, 4) is 0 Å². The summed E-state index contributed by atoms with van der Waals surface area (Å²) in [5, 5.41) is 0.113. The van der Waals surface area contributed by atoms with Gasteiger partial charge in [-0.25, -0.2) is 0 Å². The zero-order valence-corrected chi connectivity index (χ0v) is 15.0. The zero-order valence-electron chi connectivity index (χ0n) is 14.0. The van der Waals surface area contributed by atoms with Gasteiger partial charge in [-0.3, -0.25) is 9.59 Å². The molecule has 0 aromatic rings. The minimum Gasteiger partial charge on any atom is -0.463 e. The Balaban J connectivity index is 3.83. The van der Waals surface area contributed by atoms with Gasteiger partial charge in [0.15, 0.2) is 8.32 Å². The van der Waals surface area contributed by atoms with Gasteiger partial charge in [0, 0.05) is 7.11 Å². The molecular weight excluding hydrogens is 292 g/mol. The highest BCUT2D eigenvalue weighted by Crippen LogP contribution is 2.36. The van der Waals surface area contributed by atoms with Crippen molar-refractivity contribution >= 4 is 20.3 Å². The van der Waals surface area contributed by atoms with Gasteiger partial charge in [-0.1, -0.05) is 20.8 Å². The van der Waals surface area contributed by atoms with E-state index in [0.717, 1.165) is 0 Å². The third kappa shape index (κ3) is 8.85. The molecule has 0 bridgehead atoms. The molecule has 21 heavy (non-hydrogen) atoms. The zero-order chi connectivity index (χ0) is 16.5. The van der Waals surface area contributed by atoms with Gasteiger partial charge in [-0.2, -0.15) is 0 Å². The average molecular weight is 320 g/mol. The molecule has 124 valence electrons. The van der Waals surface area contributed by atoms with E-state index in [1.807, 2.05) is 0 Å². The van der Waals surface area contributed by atoms with E-state index in [4.69, 9.17) is 18.6 Å². The highest BCUT2D eigenvalue weighted by molar-refractivity contribution is 6.74. The van der Waals surface area contributed by atoms with Gasteiger partial charge < -0.3 is 18.6 Å². The molecule has 0 amide bonds.